The van der Waals surface area contributed by atoms with Gasteiger partial charge in [-0.1, -0.05) is 81.6 Å². The first kappa shape index (κ1) is 22.4. The normalized spacial score (nSPS) is 13.6. The third-order valence-electron chi connectivity index (χ3n) is 3.56. The van der Waals surface area contributed by atoms with Gasteiger partial charge in [0.05, 0.1) is 6.10 Å². The molecule has 2 N–H and O–H groups in total. The van der Waals surface area contributed by atoms with Crippen LogP contribution in [0.5, 0.6) is 0 Å². The number of aliphatic hydroxyl groups excluding tert-OH is 1. The smallest absolute Gasteiger partial charge is 0.365 e. The van der Waals surface area contributed by atoms with Crippen molar-refractivity contribution in [3.63, 3.8) is 0 Å². The maximum atomic E-state index is 10.6. The van der Waals surface area contributed by atoms with E-state index in [2.05, 4.69) is 17.9 Å². The maximum Gasteiger partial charge on any atom is 0.365 e. The van der Waals surface area contributed by atoms with Gasteiger partial charge in [0, 0.05) is 6.08 Å². The molecule has 136 valence electrons. The quantitative estimate of drug-likeness (QED) is 0.152. The second-order valence-electron chi connectivity index (χ2n) is 5.76. The van der Waals surface area contributed by atoms with E-state index >= 15 is 0 Å². The number of hydrogen-bond acceptors (Lipinski definition) is 4. The first-order valence-corrected chi connectivity index (χ1v) is 8.90. The summed E-state index contributed by atoms with van der Waals surface area (Å²) in [4.78, 5) is 14.0. The zero-order chi connectivity index (χ0) is 17.9. The molecule has 0 aliphatic rings. The fraction of sp³-hybridized carbons (Fsp3) is 0.550. The Bertz CT molecular complexity index is 408. The lowest BCUT2D eigenvalue weighted by Crippen LogP contribution is -2.05. The van der Waals surface area contributed by atoms with Crippen molar-refractivity contribution in [2.75, 3.05) is 0 Å². The van der Waals surface area contributed by atoms with E-state index in [0.717, 1.165) is 51.0 Å². The van der Waals surface area contributed by atoms with Crippen LogP contribution in [0.3, 0.4) is 0 Å². The highest BCUT2D eigenvalue weighted by atomic mass is 17.1. The third-order valence-corrected chi connectivity index (χ3v) is 3.56. The summed E-state index contributed by atoms with van der Waals surface area (Å²) in [7, 11) is 0. The minimum absolute atomic E-state index is 0.116. The molecule has 0 radical (unpaired) electrons. The van der Waals surface area contributed by atoms with Crippen LogP contribution in [-0.2, 0) is 9.68 Å². The number of unbranched alkanes of at least 4 members (excludes halogenated alkanes) is 5. The molecular weight excluding hydrogens is 304 g/mol. The Morgan fingerprint density at radius 2 is 1.54 bits per heavy atom. The highest BCUT2D eigenvalue weighted by Gasteiger charge is 2.02. The summed E-state index contributed by atoms with van der Waals surface area (Å²) in [6.45, 7) is 2.18. The molecule has 0 aliphatic heterocycles. The standard InChI is InChI=1S/C20H32O4/c1-2-3-13-16-19(21)17-14-11-9-7-5-4-6-8-10-12-15-18-20(22)24-23/h4-6,8,10,12,15,18-19,21,23H,2-3,7,9,11,13-14,16-17H2,1H3/t19-/m0/s1. The molecule has 0 saturated carbocycles. The first-order valence-electron chi connectivity index (χ1n) is 8.90. The lowest BCUT2D eigenvalue weighted by molar-refractivity contribution is -0.228. The predicted octanol–water partition coefficient (Wildman–Crippen LogP) is 5.12. The first-order chi connectivity index (χ1) is 11.7. The molecule has 0 aromatic heterocycles. The van der Waals surface area contributed by atoms with Gasteiger partial charge in [-0.25, -0.2) is 4.79 Å². The van der Waals surface area contributed by atoms with E-state index in [4.69, 9.17) is 5.26 Å². The maximum absolute atomic E-state index is 10.6. The second kappa shape index (κ2) is 17.7. The van der Waals surface area contributed by atoms with Gasteiger partial charge in [-0.15, -0.1) is 0 Å². The van der Waals surface area contributed by atoms with E-state index in [1.807, 2.05) is 18.2 Å². The molecule has 0 heterocycles. The van der Waals surface area contributed by atoms with Crippen LogP contribution in [0.1, 0.15) is 64.7 Å². The van der Waals surface area contributed by atoms with E-state index in [1.165, 1.54) is 18.9 Å². The number of rotatable bonds is 14. The Hall–Kier alpha value is -1.65. The minimum atomic E-state index is -0.794. The Morgan fingerprint density at radius 3 is 2.21 bits per heavy atom. The Kier molecular flexibility index (Phi) is 16.5. The Morgan fingerprint density at radius 1 is 0.917 bits per heavy atom. The molecule has 0 aromatic rings. The summed E-state index contributed by atoms with van der Waals surface area (Å²) in [5.74, 6) is -0.794. The Labute approximate surface area is 146 Å². The van der Waals surface area contributed by atoms with Crippen LogP contribution in [0.2, 0.25) is 0 Å². The second-order valence-corrected chi connectivity index (χ2v) is 5.76. The average Bonchev–Trinajstić information content (AvgIpc) is 2.58. The van der Waals surface area contributed by atoms with E-state index < -0.39 is 5.97 Å². The van der Waals surface area contributed by atoms with Crippen molar-refractivity contribution in [2.24, 2.45) is 0 Å². The van der Waals surface area contributed by atoms with Crippen LogP contribution >= 0.6 is 0 Å². The molecule has 4 nitrogen and oxygen atoms in total. The number of carbonyl (C=O) groups is 1. The SMILES string of the molecule is CCCCC[C@H](O)CCCCCC=CC=CC=CC=CC(=O)OO. The summed E-state index contributed by atoms with van der Waals surface area (Å²) in [6.07, 6.45) is 23.7. The van der Waals surface area contributed by atoms with Crippen LogP contribution in [0.25, 0.3) is 0 Å². The van der Waals surface area contributed by atoms with Crippen molar-refractivity contribution in [2.45, 2.75) is 70.8 Å². The highest BCUT2D eigenvalue weighted by Crippen LogP contribution is 2.11. The number of carbonyl (C=O) groups excluding carboxylic acids is 1. The summed E-state index contributed by atoms with van der Waals surface area (Å²) < 4.78 is 0. The van der Waals surface area contributed by atoms with Crippen molar-refractivity contribution in [3.8, 4) is 0 Å². The lowest BCUT2D eigenvalue weighted by Gasteiger charge is -2.09. The molecule has 0 unspecified atom stereocenters. The van der Waals surface area contributed by atoms with Crippen molar-refractivity contribution >= 4 is 5.97 Å². The minimum Gasteiger partial charge on any atom is -0.393 e. The number of aliphatic hydroxyl groups is 1. The number of allylic oxidation sites excluding steroid dienone is 7. The van der Waals surface area contributed by atoms with E-state index in [0.29, 0.717) is 0 Å². The molecule has 4 heteroatoms. The molecule has 0 saturated heterocycles. The van der Waals surface area contributed by atoms with Gasteiger partial charge in [0.25, 0.3) is 0 Å². The average molecular weight is 336 g/mol. The third kappa shape index (κ3) is 16.7. The summed E-state index contributed by atoms with van der Waals surface area (Å²) in [5, 5.41) is 17.8. The van der Waals surface area contributed by atoms with Crippen molar-refractivity contribution in [3.05, 3.63) is 48.6 Å². The molecule has 0 fully saturated rings. The summed E-state index contributed by atoms with van der Waals surface area (Å²) >= 11 is 0. The fourth-order valence-electron chi connectivity index (χ4n) is 2.19. The fourth-order valence-corrected chi connectivity index (χ4v) is 2.19. The molecule has 0 bridgehead atoms. The molecule has 0 aromatic carbocycles. The van der Waals surface area contributed by atoms with Gasteiger partial charge in [-0.05, 0) is 25.7 Å². The van der Waals surface area contributed by atoms with Crippen molar-refractivity contribution in [1.82, 2.24) is 0 Å². The van der Waals surface area contributed by atoms with Crippen molar-refractivity contribution in [1.29, 1.82) is 0 Å². The zero-order valence-electron chi connectivity index (χ0n) is 14.8. The summed E-state index contributed by atoms with van der Waals surface area (Å²) in [6, 6.07) is 0. The van der Waals surface area contributed by atoms with Crippen LogP contribution in [0, 0.1) is 0 Å². The molecule has 0 spiro atoms. The lowest BCUT2D eigenvalue weighted by atomic mass is 10.0. The molecule has 0 amide bonds. The molecular formula is C20H32O4. The van der Waals surface area contributed by atoms with Crippen LogP contribution < -0.4 is 0 Å². The van der Waals surface area contributed by atoms with Gasteiger partial charge >= 0.3 is 5.97 Å². The van der Waals surface area contributed by atoms with Crippen LogP contribution in [-0.4, -0.2) is 22.4 Å². The highest BCUT2D eigenvalue weighted by molar-refractivity contribution is 5.81. The van der Waals surface area contributed by atoms with Crippen LogP contribution in [0.4, 0.5) is 0 Å². The van der Waals surface area contributed by atoms with Gasteiger partial charge < -0.3 is 5.11 Å². The molecule has 0 aliphatic carbocycles. The van der Waals surface area contributed by atoms with Gasteiger partial charge in [0.1, 0.15) is 0 Å². The summed E-state index contributed by atoms with van der Waals surface area (Å²) in [5.41, 5.74) is 0. The van der Waals surface area contributed by atoms with Gasteiger partial charge in [0.2, 0.25) is 0 Å². The number of hydrogen-bond donors (Lipinski definition) is 2. The van der Waals surface area contributed by atoms with Crippen molar-refractivity contribution < 1.29 is 20.0 Å². The zero-order valence-corrected chi connectivity index (χ0v) is 14.8. The molecule has 0 rings (SSSR count). The van der Waals surface area contributed by atoms with E-state index in [9.17, 15) is 9.90 Å². The van der Waals surface area contributed by atoms with Gasteiger partial charge in [-0.3, -0.25) is 4.89 Å². The monoisotopic (exact) mass is 336 g/mol. The predicted molar refractivity (Wildman–Crippen MR) is 98.5 cm³/mol. The van der Waals surface area contributed by atoms with E-state index in [1.54, 1.807) is 12.2 Å². The van der Waals surface area contributed by atoms with Gasteiger partial charge in [0.15, 0.2) is 0 Å². The largest absolute Gasteiger partial charge is 0.393 e. The molecule has 1 atom stereocenters. The Balaban J connectivity index is 3.52. The van der Waals surface area contributed by atoms with E-state index in [-0.39, 0.29) is 6.10 Å². The van der Waals surface area contributed by atoms with Crippen LogP contribution in [0.15, 0.2) is 48.6 Å². The van der Waals surface area contributed by atoms with Gasteiger partial charge in [-0.2, -0.15) is 5.26 Å². The topological polar surface area (TPSA) is 66.8 Å². The molecule has 24 heavy (non-hydrogen) atoms.